The smallest absolute Gasteiger partial charge is 0.124 e. The molecule has 0 aliphatic carbocycles. The highest BCUT2D eigenvalue weighted by atomic mass is 15.1. The lowest BCUT2D eigenvalue weighted by Gasteiger charge is -2.30. The molecule has 3 heteroatoms. The zero-order valence-electron chi connectivity index (χ0n) is 14.2. The summed E-state index contributed by atoms with van der Waals surface area (Å²) >= 11 is 0. The molecular formula is C18H31N3. The van der Waals surface area contributed by atoms with Crippen LogP contribution in [0.4, 0.5) is 5.69 Å². The van der Waals surface area contributed by atoms with E-state index in [9.17, 15) is 0 Å². The molecule has 0 aliphatic heterocycles. The van der Waals surface area contributed by atoms with Crippen molar-refractivity contribution in [1.82, 2.24) is 0 Å². The Bertz CT molecular complexity index is 452. The number of benzene rings is 1. The summed E-state index contributed by atoms with van der Waals surface area (Å²) in [5, 5.41) is 7.85. The van der Waals surface area contributed by atoms with Gasteiger partial charge in [0.15, 0.2) is 0 Å². The van der Waals surface area contributed by atoms with Crippen LogP contribution in [-0.4, -0.2) is 18.9 Å². The lowest BCUT2D eigenvalue weighted by atomic mass is 10.0. The van der Waals surface area contributed by atoms with E-state index in [4.69, 9.17) is 11.1 Å². The Morgan fingerprint density at radius 2 is 1.62 bits per heavy atom. The van der Waals surface area contributed by atoms with Crippen molar-refractivity contribution in [2.75, 3.05) is 18.0 Å². The van der Waals surface area contributed by atoms with Crippen LogP contribution in [0, 0.1) is 24.2 Å². The van der Waals surface area contributed by atoms with E-state index >= 15 is 0 Å². The molecule has 0 atom stereocenters. The highest BCUT2D eigenvalue weighted by Gasteiger charge is 2.16. The van der Waals surface area contributed by atoms with Gasteiger partial charge in [-0.05, 0) is 43.2 Å². The average Bonchev–Trinajstić information content (AvgIpc) is 2.38. The maximum Gasteiger partial charge on any atom is 0.124 e. The molecule has 0 amide bonds. The molecule has 0 saturated heterocycles. The van der Waals surface area contributed by atoms with E-state index < -0.39 is 0 Å². The fraction of sp³-hybridized carbons (Fsp3) is 0.611. The van der Waals surface area contributed by atoms with Gasteiger partial charge in [-0.2, -0.15) is 0 Å². The van der Waals surface area contributed by atoms with Gasteiger partial charge in [0.25, 0.3) is 0 Å². The molecule has 3 nitrogen and oxygen atoms in total. The number of hydrogen-bond donors (Lipinski definition) is 2. The molecule has 0 aliphatic rings. The van der Waals surface area contributed by atoms with Gasteiger partial charge in [0, 0.05) is 18.7 Å². The van der Waals surface area contributed by atoms with Crippen LogP contribution in [-0.2, 0) is 0 Å². The topological polar surface area (TPSA) is 53.1 Å². The van der Waals surface area contributed by atoms with Crippen LogP contribution in [0.2, 0.25) is 0 Å². The van der Waals surface area contributed by atoms with Gasteiger partial charge in [-0.1, -0.05) is 39.8 Å². The number of nitrogen functional groups attached to an aromatic ring is 1. The fourth-order valence-corrected chi connectivity index (χ4v) is 2.46. The molecule has 0 spiro atoms. The molecule has 0 fully saturated rings. The summed E-state index contributed by atoms with van der Waals surface area (Å²) < 4.78 is 0. The van der Waals surface area contributed by atoms with E-state index in [2.05, 4.69) is 45.6 Å². The Labute approximate surface area is 130 Å². The molecule has 3 N–H and O–H groups in total. The molecule has 0 aromatic heterocycles. The zero-order chi connectivity index (χ0) is 16.0. The van der Waals surface area contributed by atoms with Crippen LogP contribution in [0.3, 0.4) is 0 Å². The molecule has 0 heterocycles. The largest absolute Gasteiger partial charge is 0.384 e. The SMILES string of the molecule is Cc1cccc(C(=N)N)c1N(CCC(C)C)CCC(C)C. The van der Waals surface area contributed by atoms with Crippen molar-refractivity contribution in [3.8, 4) is 0 Å². The van der Waals surface area contributed by atoms with Crippen molar-refractivity contribution in [3.63, 3.8) is 0 Å². The summed E-state index contributed by atoms with van der Waals surface area (Å²) in [6, 6.07) is 6.06. The first kappa shape index (κ1) is 17.5. The van der Waals surface area contributed by atoms with E-state index in [0.717, 1.165) is 37.2 Å². The third-order valence-electron chi connectivity index (χ3n) is 3.80. The number of nitrogens with one attached hydrogen (secondary N) is 1. The number of rotatable bonds is 8. The van der Waals surface area contributed by atoms with Crippen LogP contribution >= 0.6 is 0 Å². The van der Waals surface area contributed by atoms with E-state index in [1.807, 2.05) is 12.1 Å². The van der Waals surface area contributed by atoms with E-state index in [-0.39, 0.29) is 5.84 Å². The minimum atomic E-state index is 0.160. The second kappa shape index (κ2) is 8.06. The first-order chi connectivity index (χ1) is 9.82. The first-order valence-electron chi connectivity index (χ1n) is 8.01. The summed E-state index contributed by atoms with van der Waals surface area (Å²) in [4.78, 5) is 2.42. The van der Waals surface area contributed by atoms with Crippen molar-refractivity contribution in [2.24, 2.45) is 17.6 Å². The standard InChI is InChI=1S/C18H31N3/c1-13(2)9-11-21(12-10-14(3)4)17-15(5)7-6-8-16(17)18(19)20/h6-8,13-14H,9-12H2,1-5H3,(H3,19,20). The normalized spacial score (nSPS) is 11.2. The number of amidine groups is 1. The van der Waals surface area contributed by atoms with Gasteiger partial charge in [0.1, 0.15) is 5.84 Å². The summed E-state index contributed by atoms with van der Waals surface area (Å²) in [7, 11) is 0. The van der Waals surface area contributed by atoms with E-state index in [0.29, 0.717) is 11.8 Å². The number of nitrogens with zero attached hydrogens (tertiary/aromatic N) is 1. The van der Waals surface area contributed by atoms with E-state index in [1.165, 1.54) is 5.56 Å². The molecule has 1 rings (SSSR count). The summed E-state index contributed by atoms with van der Waals surface area (Å²) in [6.45, 7) is 13.2. The van der Waals surface area contributed by atoms with Crippen LogP contribution in [0.15, 0.2) is 18.2 Å². The Morgan fingerprint density at radius 3 is 2.05 bits per heavy atom. The highest BCUT2D eigenvalue weighted by Crippen LogP contribution is 2.26. The number of para-hydroxylation sites is 1. The Balaban J connectivity index is 3.08. The van der Waals surface area contributed by atoms with Crippen LogP contribution < -0.4 is 10.6 Å². The maximum atomic E-state index is 7.85. The first-order valence-corrected chi connectivity index (χ1v) is 8.01. The van der Waals surface area contributed by atoms with E-state index in [1.54, 1.807) is 0 Å². The fourth-order valence-electron chi connectivity index (χ4n) is 2.46. The van der Waals surface area contributed by atoms with Crippen LogP contribution in [0.25, 0.3) is 0 Å². The summed E-state index contributed by atoms with van der Waals surface area (Å²) in [5.74, 6) is 1.51. The highest BCUT2D eigenvalue weighted by molar-refractivity contribution is 6.01. The number of anilines is 1. The summed E-state index contributed by atoms with van der Waals surface area (Å²) in [6.07, 6.45) is 2.31. The van der Waals surface area contributed by atoms with Gasteiger partial charge < -0.3 is 10.6 Å². The molecule has 118 valence electrons. The Hall–Kier alpha value is -1.51. The third kappa shape index (κ3) is 5.41. The second-order valence-electron chi connectivity index (χ2n) is 6.74. The number of aryl methyl sites for hydroxylation is 1. The van der Waals surface area contributed by atoms with Crippen molar-refractivity contribution in [1.29, 1.82) is 5.41 Å². The van der Waals surface area contributed by atoms with Gasteiger partial charge in [-0.15, -0.1) is 0 Å². The van der Waals surface area contributed by atoms with Gasteiger partial charge in [0.2, 0.25) is 0 Å². The van der Waals surface area contributed by atoms with Crippen molar-refractivity contribution >= 4 is 11.5 Å². The molecule has 1 aromatic rings. The molecular weight excluding hydrogens is 258 g/mol. The lowest BCUT2D eigenvalue weighted by Crippen LogP contribution is -2.30. The van der Waals surface area contributed by atoms with Crippen LogP contribution in [0.5, 0.6) is 0 Å². The molecule has 21 heavy (non-hydrogen) atoms. The van der Waals surface area contributed by atoms with Gasteiger partial charge in [-0.3, -0.25) is 5.41 Å². The monoisotopic (exact) mass is 289 g/mol. The molecule has 1 aromatic carbocycles. The van der Waals surface area contributed by atoms with Crippen molar-refractivity contribution < 1.29 is 0 Å². The number of hydrogen-bond acceptors (Lipinski definition) is 2. The minimum absolute atomic E-state index is 0.160. The minimum Gasteiger partial charge on any atom is -0.384 e. The van der Waals surface area contributed by atoms with Crippen molar-refractivity contribution in [2.45, 2.75) is 47.5 Å². The third-order valence-corrected chi connectivity index (χ3v) is 3.80. The summed E-state index contributed by atoms with van der Waals surface area (Å²) in [5.41, 5.74) is 9.00. The zero-order valence-corrected chi connectivity index (χ0v) is 14.2. The second-order valence-corrected chi connectivity index (χ2v) is 6.74. The van der Waals surface area contributed by atoms with Gasteiger partial charge >= 0.3 is 0 Å². The van der Waals surface area contributed by atoms with Crippen LogP contribution in [0.1, 0.15) is 51.7 Å². The molecule has 0 radical (unpaired) electrons. The Kier molecular flexibility index (Phi) is 6.73. The maximum absolute atomic E-state index is 7.85. The predicted molar refractivity (Wildman–Crippen MR) is 93.3 cm³/mol. The van der Waals surface area contributed by atoms with Gasteiger partial charge in [0.05, 0.1) is 5.69 Å². The average molecular weight is 289 g/mol. The molecule has 0 saturated carbocycles. The van der Waals surface area contributed by atoms with Gasteiger partial charge in [-0.25, -0.2) is 0 Å². The molecule has 0 bridgehead atoms. The molecule has 0 unspecified atom stereocenters. The van der Waals surface area contributed by atoms with Crippen molar-refractivity contribution in [3.05, 3.63) is 29.3 Å². The number of nitrogens with two attached hydrogens (primary N) is 1. The lowest BCUT2D eigenvalue weighted by molar-refractivity contribution is 0.535. The Morgan fingerprint density at radius 1 is 1.10 bits per heavy atom. The quantitative estimate of drug-likeness (QED) is 0.557. The predicted octanol–water partition coefficient (Wildman–Crippen LogP) is 4.18.